The molecule has 0 radical (unpaired) electrons. The van der Waals surface area contributed by atoms with Gasteiger partial charge < -0.3 is 4.90 Å². The molecule has 1 amide bonds. The molecular weight excluding hydrogens is 398 g/mol. The summed E-state index contributed by atoms with van der Waals surface area (Å²) in [7, 11) is 0. The maximum Gasteiger partial charge on any atom is 0.264 e. The first-order chi connectivity index (χ1) is 14.9. The largest absolute Gasteiger partial charge is 0.338 e. The molecule has 0 atom stereocenters. The summed E-state index contributed by atoms with van der Waals surface area (Å²) in [5.41, 5.74) is 3.24. The molecule has 0 unspecified atom stereocenters. The lowest BCUT2D eigenvalue weighted by Crippen LogP contribution is -2.42. The van der Waals surface area contributed by atoms with Gasteiger partial charge in [-0.15, -0.1) is 0 Å². The summed E-state index contributed by atoms with van der Waals surface area (Å²) >= 11 is 0. The van der Waals surface area contributed by atoms with E-state index in [0.717, 1.165) is 32.0 Å². The first-order valence-corrected chi connectivity index (χ1v) is 10.3. The lowest BCUT2D eigenvalue weighted by atomic mass is 9.95. The highest BCUT2D eigenvalue weighted by molar-refractivity contribution is 6.03. The Hall–Kier alpha value is -3.54. The van der Waals surface area contributed by atoms with E-state index >= 15 is 0 Å². The molecular formula is C25H21F2N2O2+. The molecule has 4 nitrogen and oxygen atoms in total. The first kappa shape index (κ1) is 19.4. The summed E-state index contributed by atoms with van der Waals surface area (Å²) in [6.45, 7) is 0.151. The maximum atomic E-state index is 13.4. The van der Waals surface area contributed by atoms with Crippen molar-refractivity contribution in [3.05, 3.63) is 78.5 Å². The zero-order valence-corrected chi connectivity index (χ0v) is 16.8. The van der Waals surface area contributed by atoms with Gasteiger partial charge in [0.2, 0.25) is 6.20 Å². The maximum absolute atomic E-state index is 13.4. The van der Waals surface area contributed by atoms with Crippen LogP contribution in [0.15, 0.2) is 72.9 Å². The van der Waals surface area contributed by atoms with E-state index < -0.39 is 5.92 Å². The molecule has 4 aromatic rings. The number of benzene rings is 3. The second-order valence-electron chi connectivity index (χ2n) is 8.02. The minimum atomic E-state index is -2.68. The molecule has 31 heavy (non-hydrogen) atoms. The van der Waals surface area contributed by atoms with E-state index in [0.29, 0.717) is 11.1 Å². The third-order valence-corrected chi connectivity index (χ3v) is 6.00. The Balaban J connectivity index is 1.50. The van der Waals surface area contributed by atoms with Crippen molar-refractivity contribution in [2.24, 2.45) is 0 Å². The van der Waals surface area contributed by atoms with Gasteiger partial charge in [0.05, 0.1) is 5.39 Å². The van der Waals surface area contributed by atoms with Crippen molar-refractivity contribution < 1.29 is 23.5 Å². The lowest BCUT2D eigenvalue weighted by Gasteiger charge is -2.31. The summed E-state index contributed by atoms with van der Waals surface area (Å²) in [4.78, 5) is 14.4. The van der Waals surface area contributed by atoms with Crippen LogP contribution in [0, 0.1) is 0 Å². The minimum absolute atomic E-state index is 0.0753. The molecule has 2 heterocycles. The standard InChI is InChI=1S/C25H21F2N2O2/c26-25(27)10-13-28(14-11-25)24(30)20-6-8-22-17(16-20)3-1-5-21(22)18-7-9-23-19(15-18)4-2-12-29(23)31/h1-9,12,15-16,31H,10-11,13-14H2/q+1. The number of carbonyl (C=O) groups excluding carboxylic acids is 1. The van der Waals surface area contributed by atoms with Crippen molar-refractivity contribution in [1.29, 1.82) is 0 Å². The number of likely N-dealkylation sites (tertiary alicyclic amines) is 1. The van der Waals surface area contributed by atoms with Crippen LogP contribution >= 0.6 is 0 Å². The van der Waals surface area contributed by atoms with E-state index in [9.17, 15) is 18.8 Å². The Morgan fingerprint density at radius 3 is 2.52 bits per heavy atom. The SMILES string of the molecule is O=C(c1ccc2c(-c3ccc4c(ccc[n+]4O)c3)cccc2c1)N1CCC(F)(F)CC1. The summed E-state index contributed by atoms with van der Waals surface area (Å²) in [5.74, 6) is -2.88. The quantitative estimate of drug-likeness (QED) is 0.365. The number of hydrogen-bond donors (Lipinski definition) is 1. The zero-order chi connectivity index (χ0) is 21.6. The molecule has 1 fully saturated rings. The van der Waals surface area contributed by atoms with Crippen molar-refractivity contribution >= 4 is 27.6 Å². The third-order valence-electron chi connectivity index (χ3n) is 6.00. The van der Waals surface area contributed by atoms with Gasteiger partial charge in [0.15, 0.2) is 0 Å². The molecule has 1 N–H and O–H groups in total. The summed E-state index contributed by atoms with van der Waals surface area (Å²) in [6.07, 6.45) is 1.01. The van der Waals surface area contributed by atoms with Crippen LogP contribution in [0.3, 0.4) is 0 Å². The molecule has 3 aromatic carbocycles. The number of aromatic nitrogens is 1. The number of pyridine rings is 1. The summed E-state index contributed by atoms with van der Waals surface area (Å²) in [5, 5.41) is 12.8. The van der Waals surface area contributed by atoms with Crippen molar-refractivity contribution in [2.75, 3.05) is 13.1 Å². The van der Waals surface area contributed by atoms with Crippen LogP contribution < -0.4 is 4.73 Å². The highest BCUT2D eigenvalue weighted by atomic mass is 19.3. The van der Waals surface area contributed by atoms with Crippen LogP contribution in [0.2, 0.25) is 0 Å². The number of piperidine rings is 1. The topological polar surface area (TPSA) is 44.4 Å². The summed E-state index contributed by atoms with van der Waals surface area (Å²) < 4.78 is 27.9. The fourth-order valence-corrected chi connectivity index (χ4v) is 4.26. The van der Waals surface area contributed by atoms with Crippen molar-refractivity contribution in [1.82, 2.24) is 4.90 Å². The predicted molar refractivity (Wildman–Crippen MR) is 114 cm³/mol. The van der Waals surface area contributed by atoms with Crippen LogP contribution in [0.1, 0.15) is 23.2 Å². The van der Waals surface area contributed by atoms with Crippen molar-refractivity contribution in [2.45, 2.75) is 18.8 Å². The Morgan fingerprint density at radius 1 is 0.935 bits per heavy atom. The number of rotatable bonds is 2. The smallest absolute Gasteiger partial charge is 0.264 e. The molecule has 1 saturated heterocycles. The highest BCUT2D eigenvalue weighted by Gasteiger charge is 2.35. The van der Waals surface area contributed by atoms with Gasteiger partial charge in [0.1, 0.15) is 0 Å². The van der Waals surface area contributed by atoms with E-state index in [1.54, 1.807) is 18.3 Å². The molecule has 0 bridgehead atoms. The number of nitrogens with zero attached hydrogens (tertiary/aromatic N) is 2. The van der Waals surface area contributed by atoms with Crippen LogP contribution in [0.4, 0.5) is 8.78 Å². The molecule has 1 aromatic heterocycles. The third kappa shape index (κ3) is 3.58. The average Bonchev–Trinajstić information content (AvgIpc) is 2.78. The van der Waals surface area contributed by atoms with Gasteiger partial charge in [-0.05, 0) is 52.2 Å². The molecule has 156 valence electrons. The van der Waals surface area contributed by atoms with Crippen LogP contribution in [-0.2, 0) is 0 Å². The van der Waals surface area contributed by atoms with E-state index in [1.165, 1.54) is 4.90 Å². The average molecular weight is 419 g/mol. The molecule has 1 aliphatic rings. The predicted octanol–water partition coefficient (Wildman–Crippen LogP) is 5.06. The Bertz CT molecular complexity index is 1310. The molecule has 5 rings (SSSR count). The van der Waals surface area contributed by atoms with Gasteiger partial charge in [-0.1, -0.05) is 24.3 Å². The Labute approximate surface area is 177 Å². The van der Waals surface area contributed by atoms with Crippen molar-refractivity contribution in [3.63, 3.8) is 0 Å². The monoisotopic (exact) mass is 419 g/mol. The number of carbonyl (C=O) groups is 1. The first-order valence-electron chi connectivity index (χ1n) is 10.3. The number of hydrogen-bond acceptors (Lipinski definition) is 2. The van der Waals surface area contributed by atoms with Gasteiger partial charge in [-0.25, -0.2) is 8.78 Å². The number of halogens is 2. The number of amides is 1. The van der Waals surface area contributed by atoms with Gasteiger partial charge in [0.25, 0.3) is 17.3 Å². The normalized spacial score (nSPS) is 16.0. The molecule has 6 heteroatoms. The highest BCUT2D eigenvalue weighted by Crippen LogP contribution is 2.32. The second-order valence-corrected chi connectivity index (χ2v) is 8.02. The van der Waals surface area contributed by atoms with E-state index in [2.05, 4.69) is 0 Å². The van der Waals surface area contributed by atoms with Gasteiger partial charge in [0, 0.05) is 48.4 Å². The van der Waals surface area contributed by atoms with Gasteiger partial charge in [-0.3, -0.25) is 10.0 Å². The molecule has 0 spiro atoms. The lowest BCUT2D eigenvalue weighted by molar-refractivity contribution is -0.884. The van der Waals surface area contributed by atoms with Gasteiger partial charge in [-0.2, -0.15) is 0 Å². The van der Waals surface area contributed by atoms with E-state index in [-0.39, 0.29) is 31.8 Å². The fourth-order valence-electron chi connectivity index (χ4n) is 4.26. The van der Waals surface area contributed by atoms with Crippen LogP contribution in [0.5, 0.6) is 0 Å². The molecule has 0 saturated carbocycles. The minimum Gasteiger partial charge on any atom is -0.338 e. The summed E-state index contributed by atoms with van der Waals surface area (Å²) in [6, 6.07) is 21.0. The number of fused-ring (bicyclic) bond motifs is 2. The van der Waals surface area contributed by atoms with Crippen molar-refractivity contribution in [3.8, 4) is 11.1 Å². The van der Waals surface area contributed by atoms with Gasteiger partial charge >= 0.3 is 0 Å². The fraction of sp³-hybridized carbons (Fsp3) is 0.200. The second kappa shape index (κ2) is 7.30. The van der Waals surface area contributed by atoms with E-state index in [4.69, 9.17) is 0 Å². The molecule has 1 aliphatic heterocycles. The van der Waals surface area contributed by atoms with Crippen LogP contribution in [-0.4, -0.2) is 35.0 Å². The zero-order valence-electron chi connectivity index (χ0n) is 16.8. The van der Waals surface area contributed by atoms with E-state index in [1.807, 2.05) is 54.6 Å². The molecule has 0 aliphatic carbocycles. The van der Waals surface area contributed by atoms with Crippen LogP contribution in [0.25, 0.3) is 32.8 Å². The Morgan fingerprint density at radius 2 is 1.71 bits per heavy atom. The number of alkyl halides is 2. The Kier molecular flexibility index (Phi) is 4.58.